The first kappa shape index (κ1) is 16.5. The van der Waals surface area contributed by atoms with Gasteiger partial charge in [-0.05, 0) is 39.7 Å². The average molecular weight is 336 g/mol. The van der Waals surface area contributed by atoms with Gasteiger partial charge in [0.2, 0.25) is 0 Å². The quantitative estimate of drug-likeness (QED) is 0.623. The molecular formula is C18H15BNO3S. The normalized spacial score (nSPS) is 10.4. The third-order valence-electron chi connectivity index (χ3n) is 3.61. The lowest BCUT2D eigenvalue weighted by atomic mass is 9.80. The minimum atomic E-state index is -1.47. The van der Waals surface area contributed by atoms with E-state index in [-0.39, 0.29) is 5.91 Å². The SMILES string of the molecule is O=C(NCc1cc[c]cc1)c1cc(-c2ccc(B(O)O)cc2)cs1. The first-order valence-corrected chi connectivity index (χ1v) is 8.29. The van der Waals surface area contributed by atoms with Crippen molar-refractivity contribution in [3.05, 3.63) is 76.5 Å². The summed E-state index contributed by atoms with van der Waals surface area (Å²) in [6.45, 7) is 0.476. The third-order valence-corrected chi connectivity index (χ3v) is 4.53. The van der Waals surface area contributed by atoms with E-state index in [1.807, 2.05) is 35.7 Å². The van der Waals surface area contributed by atoms with Crippen LogP contribution in [0.2, 0.25) is 0 Å². The lowest BCUT2D eigenvalue weighted by Crippen LogP contribution is -2.29. The van der Waals surface area contributed by atoms with Crippen LogP contribution in [0.3, 0.4) is 0 Å². The number of carbonyl (C=O) groups is 1. The molecule has 0 aliphatic rings. The van der Waals surface area contributed by atoms with Gasteiger partial charge in [-0.2, -0.15) is 0 Å². The highest BCUT2D eigenvalue weighted by Crippen LogP contribution is 2.25. The van der Waals surface area contributed by atoms with E-state index in [2.05, 4.69) is 11.4 Å². The van der Waals surface area contributed by atoms with E-state index in [0.29, 0.717) is 16.9 Å². The van der Waals surface area contributed by atoms with Crippen molar-refractivity contribution in [2.45, 2.75) is 6.54 Å². The Morgan fingerprint density at radius 3 is 2.46 bits per heavy atom. The molecule has 4 nitrogen and oxygen atoms in total. The van der Waals surface area contributed by atoms with Gasteiger partial charge in [0.05, 0.1) is 4.88 Å². The number of carbonyl (C=O) groups excluding carboxylic acids is 1. The number of hydrogen-bond donors (Lipinski definition) is 3. The summed E-state index contributed by atoms with van der Waals surface area (Å²) in [7, 11) is -1.47. The molecule has 3 N–H and O–H groups in total. The molecule has 0 fully saturated rings. The Hall–Kier alpha value is -2.41. The summed E-state index contributed by atoms with van der Waals surface area (Å²) < 4.78 is 0. The minimum absolute atomic E-state index is 0.110. The molecule has 24 heavy (non-hydrogen) atoms. The van der Waals surface area contributed by atoms with Gasteiger partial charge < -0.3 is 15.4 Å². The first-order chi connectivity index (χ1) is 11.6. The molecular weight excluding hydrogens is 321 g/mol. The van der Waals surface area contributed by atoms with Crippen molar-refractivity contribution in [2.24, 2.45) is 0 Å². The van der Waals surface area contributed by atoms with Crippen molar-refractivity contribution in [1.82, 2.24) is 5.32 Å². The molecule has 0 saturated heterocycles. The summed E-state index contributed by atoms with van der Waals surface area (Å²) in [6.07, 6.45) is 0. The molecule has 1 heterocycles. The van der Waals surface area contributed by atoms with Crippen LogP contribution < -0.4 is 10.8 Å². The molecule has 0 aliphatic heterocycles. The predicted octanol–water partition coefficient (Wildman–Crippen LogP) is 1.83. The lowest BCUT2D eigenvalue weighted by molar-refractivity contribution is 0.0955. The van der Waals surface area contributed by atoms with E-state index >= 15 is 0 Å². The van der Waals surface area contributed by atoms with E-state index in [1.54, 1.807) is 24.3 Å². The summed E-state index contributed by atoms with van der Waals surface area (Å²) in [5, 5.41) is 23.0. The maximum atomic E-state index is 12.2. The monoisotopic (exact) mass is 336 g/mol. The van der Waals surface area contributed by atoms with Gasteiger partial charge in [-0.25, -0.2) is 0 Å². The standard InChI is InChI=1S/C18H15BNO3S/c21-18(20-11-13-4-2-1-3-5-13)17-10-15(12-24-17)14-6-8-16(9-7-14)19(22)23/h2-10,12,22-23H,11H2,(H,20,21). The van der Waals surface area contributed by atoms with E-state index in [4.69, 9.17) is 10.0 Å². The number of amides is 1. The van der Waals surface area contributed by atoms with Gasteiger partial charge in [-0.15, -0.1) is 11.3 Å². The zero-order chi connectivity index (χ0) is 16.9. The molecule has 0 saturated carbocycles. The Kier molecular flexibility index (Phi) is 5.10. The maximum Gasteiger partial charge on any atom is 0.488 e. The molecule has 3 aromatic rings. The van der Waals surface area contributed by atoms with Gasteiger partial charge in [0.1, 0.15) is 0 Å². The van der Waals surface area contributed by atoms with Gasteiger partial charge in [-0.3, -0.25) is 4.79 Å². The van der Waals surface area contributed by atoms with Crippen LogP contribution in [-0.4, -0.2) is 23.1 Å². The van der Waals surface area contributed by atoms with Crippen LogP contribution in [0.25, 0.3) is 11.1 Å². The van der Waals surface area contributed by atoms with Crippen LogP contribution in [0, 0.1) is 6.07 Å². The molecule has 119 valence electrons. The van der Waals surface area contributed by atoms with Crippen LogP contribution in [0.1, 0.15) is 15.2 Å². The Morgan fingerprint density at radius 2 is 1.79 bits per heavy atom. The molecule has 6 heteroatoms. The third kappa shape index (κ3) is 3.92. The summed E-state index contributed by atoms with van der Waals surface area (Å²) in [5.74, 6) is -0.110. The zero-order valence-corrected chi connectivity index (χ0v) is 13.6. The van der Waals surface area contributed by atoms with Crippen molar-refractivity contribution in [1.29, 1.82) is 0 Å². The summed E-state index contributed by atoms with van der Waals surface area (Å²) in [6, 6.07) is 19.2. The van der Waals surface area contributed by atoms with Crippen molar-refractivity contribution >= 4 is 29.8 Å². The Labute approximate surface area is 144 Å². The smallest absolute Gasteiger partial charge is 0.423 e. The lowest BCUT2D eigenvalue weighted by Gasteiger charge is -2.03. The van der Waals surface area contributed by atoms with Crippen LogP contribution >= 0.6 is 11.3 Å². The first-order valence-electron chi connectivity index (χ1n) is 7.41. The number of thiophene rings is 1. The molecule has 1 aromatic heterocycles. The number of rotatable bonds is 5. The fraction of sp³-hybridized carbons (Fsp3) is 0.0556. The van der Waals surface area contributed by atoms with Crippen LogP contribution in [0.15, 0.2) is 60.0 Å². The van der Waals surface area contributed by atoms with Crippen molar-refractivity contribution in [2.75, 3.05) is 0 Å². The highest BCUT2D eigenvalue weighted by molar-refractivity contribution is 7.12. The molecule has 0 atom stereocenters. The largest absolute Gasteiger partial charge is 0.488 e. The van der Waals surface area contributed by atoms with Gasteiger partial charge in [-0.1, -0.05) is 48.5 Å². The predicted molar refractivity (Wildman–Crippen MR) is 96.0 cm³/mol. The number of hydrogen-bond acceptors (Lipinski definition) is 4. The van der Waals surface area contributed by atoms with Crippen molar-refractivity contribution < 1.29 is 14.8 Å². The molecule has 2 aromatic carbocycles. The fourth-order valence-electron chi connectivity index (χ4n) is 2.26. The Bertz CT molecular complexity index is 816. The van der Waals surface area contributed by atoms with Gasteiger partial charge in [0, 0.05) is 6.54 Å². The highest BCUT2D eigenvalue weighted by Gasteiger charge is 2.12. The zero-order valence-electron chi connectivity index (χ0n) is 12.8. The summed E-state index contributed by atoms with van der Waals surface area (Å²) in [5.41, 5.74) is 3.32. The van der Waals surface area contributed by atoms with Gasteiger partial charge in [0.25, 0.3) is 5.91 Å². The van der Waals surface area contributed by atoms with E-state index in [0.717, 1.165) is 16.7 Å². The second-order valence-electron chi connectivity index (χ2n) is 5.29. The van der Waals surface area contributed by atoms with Gasteiger partial charge in [0.15, 0.2) is 0 Å². The number of benzene rings is 2. The molecule has 3 rings (SSSR count). The second-order valence-corrected chi connectivity index (χ2v) is 6.20. The maximum absolute atomic E-state index is 12.2. The molecule has 1 amide bonds. The van der Waals surface area contributed by atoms with Crippen molar-refractivity contribution in [3.8, 4) is 11.1 Å². The van der Waals surface area contributed by atoms with Crippen LogP contribution in [-0.2, 0) is 6.54 Å². The average Bonchev–Trinajstić information content (AvgIpc) is 3.11. The number of nitrogens with one attached hydrogen (secondary N) is 1. The summed E-state index contributed by atoms with van der Waals surface area (Å²) >= 11 is 1.38. The topological polar surface area (TPSA) is 69.6 Å². The molecule has 1 radical (unpaired) electrons. The van der Waals surface area contributed by atoms with Gasteiger partial charge >= 0.3 is 7.12 Å². The van der Waals surface area contributed by atoms with E-state index in [9.17, 15) is 4.79 Å². The molecule has 0 aliphatic carbocycles. The Balaban J connectivity index is 1.67. The molecule has 0 spiro atoms. The van der Waals surface area contributed by atoms with Crippen LogP contribution in [0.5, 0.6) is 0 Å². The Morgan fingerprint density at radius 1 is 1.08 bits per heavy atom. The van der Waals surface area contributed by atoms with E-state index in [1.165, 1.54) is 11.3 Å². The minimum Gasteiger partial charge on any atom is -0.423 e. The van der Waals surface area contributed by atoms with Crippen molar-refractivity contribution in [3.63, 3.8) is 0 Å². The summed E-state index contributed by atoms with van der Waals surface area (Å²) in [4.78, 5) is 12.9. The molecule has 0 bridgehead atoms. The fourth-order valence-corrected chi connectivity index (χ4v) is 3.10. The molecule has 0 unspecified atom stereocenters. The highest BCUT2D eigenvalue weighted by atomic mass is 32.1. The second kappa shape index (κ2) is 7.44. The van der Waals surface area contributed by atoms with Crippen LogP contribution in [0.4, 0.5) is 0 Å². The van der Waals surface area contributed by atoms with E-state index < -0.39 is 7.12 Å².